The van der Waals surface area contributed by atoms with Gasteiger partial charge >= 0.3 is 6.09 Å². The Hall–Kier alpha value is -0.770. The second-order valence-corrected chi connectivity index (χ2v) is 5.67. The van der Waals surface area contributed by atoms with Crippen LogP contribution in [-0.4, -0.2) is 42.3 Å². The van der Waals surface area contributed by atoms with Gasteiger partial charge in [0.2, 0.25) is 0 Å². The number of fused-ring (bicyclic) bond motifs is 1. The van der Waals surface area contributed by atoms with Crippen LogP contribution >= 0.6 is 0 Å². The maximum Gasteiger partial charge on any atom is 0.410 e. The molecular formula is C11H20N2O2. The summed E-state index contributed by atoms with van der Waals surface area (Å²) >= 11 is 0. The molecule has 1 saturated heterocycles. The summed E-state index contributed by atoms with van der Waals surface area (Å²) in [6.07, 6.45) is 0.920. The van der Waals surface area contributed by atoms with Crippen LogP contribution in [0.1, 0.15) is 27.2 Å². The van der Waals surface area contributed by atoms with Gasteiger partial charge in [-0.25, -0.2) is 4.79 Å². The SMILES string of the molecule is CN(C(=O)OC(C)(C)C)[C@@]12CNCC1C2. The number of ether oxygens (including phenoxy) is 1. The largest absolute Gasteiger partial charge is 0.444 e. The lowest BCUT2D eigenvalue weighted by Gasteiger charge is -2.29. The summed E-state index contributed by atoms with van der Waals surface area (Å²) in [7, 11) is 1.85. The van der Waals surface area contributed by atoms with Crippen LogP contribution < -0.4 is 5.32 Å². The van der Waals surface area contributed by atoms with Crippen molar-refractivity contribution in [3.63, 3.8) is 0 Å². The number of rotatable bonds is 1. The van der Waals surface area contributed by atoms with Crippen LogP contribution in [0.25, 0.3) is 0 Å². The van der Waals surface area contributed by atoms with Gasteiger partial charge in [0.15, 0.2) is 0 Å². The van der Waals surface area contributed by atoms with E-state index in [4.69, 9.17) is 4.74 Å². The van der Waals surface area contributed by atoms with E-state index >= 15 is 0 Å². The van der Waals surface area contributed by atoms with Gasteiger partial charge in [-0.15, -0.1) is 0 Å². The summed E-state index contributed by atoms with van der Waals surface area (Å²) in [5.41, 5.74) is -0.346. The first-order chi connectivity index (χ1) is 6.85. The maximum absolute atomic E-state index is 11.9. The van der Waals surface area contributed by atoms with E-state index in [-0.39, 0.29) is 11.6 Å². The highest BCUT2D eigenvalue weighted by Crippen LogP contribution is 2.50. The molecule has 0 radical (unpaired) electrons. The molecule has 0 aromatic heterocycles. The Kier molecular flexibility index (Phi) is 2.23. The molecule has 1 N–H and O–H groups in total. The number of carbonyl (C=O) groups excluding carboxylic acids is 1. The zero-order chi connectivity index (χ0) is 11.3. The van der Waals surface area contributed by atoms with Gasteiger partial charge in [-0.05, 0) is 33.1 Å². The van der Waals surface area contributed by atoms with Gasteiger partial charge in [-0.1, -0.05) is 0 Å². The highest BCUT2D eigenvalue weighted by Gasteiger charge is 2.61. The van der Waals surface area contributed by atoms with E-state index in [2.05, 4.69) is 5.32 Å². The number of hydrogen-bond acceptors (Lipinski definition) is 3. The van der Waals surface area contributed by atoms with Gasteiger partial charge < -0.3 is 15.0 Å². The molecule has 0 aromatic rings. The first-order valence-corrected chi connectivity index (χ1v) is 5.53. The summed E-state index contributed by atoms with van der Waals surface area (Å²) in [4.78, 5) is 13.6. The normalized spacial score (nSPS) is 33.5. The lowest BCUT2D eigenvalue weighted by atomic mass is 10.2. The van der Waals surface area contributed by atoms with Gasteiger partial charge in [0.25, 0.3) is 0 Å². The number of hydrogen-bond donors (Lipinski definition) is 1. The molecule has 2 fully saturated rings. The number of likely N-dealkylation sites (N-methyl/N-ethyl adjacent to an activating group) is 1. The smallest absolute Gasteiger partial charge is 0.410 e. The molecule has 86 valence electrons. The van der Waals surface area contributed by atoms with Crippen LogP contribution in [0, 0.1) is 5.92 Å². The van der Waals surface area contributed by atoms with Crippen LogP contribution in [0.3, 0.4) is 0 Å². The number of nitrogens with one attached hydrogen (secondary N) is 1. The molecule has 0 spiro atoms. The van der Waals surface area contributed by atoms with Crippen LogP contribution in [0.15, 0.2) is 0 Å². The molecule has 2 rings (SSSR count). The molecule has 4 nitrogen and oxygen atoms in total. The average molecular weight is 212 g/mol. The zero-order valence-electron chi connectivity index (χ0n) is 9.96. The van der Waals surface area contributed by atoms with Crippen molar-refractivity contribution in [1.82, 2.24) is 10.2 Å². The number of piperidine rings is 1. The third-order valence-corrected chi connectivity index (χ3v) is 3.36. The Balaban J connectivity index is 1.97. The molecule has 1 aliphatic heterocycles. The van der Waals surface area contributed by atoms with Crippen molar-refractivity contribution in [1.29, 1.82) is 0 Å². The highest BCUT2D eigenvalue weighted by molar-refractivity contribution is 5.70. The lowest BCUT2D eigenvalue weighted by Crippen LogP contribution is -2.45. The fourth-order valence-electron chi connectivity index (χ4n) is 2.35. The summed E-state index contributed by atoms with van der Waals surface area (Å²) in [6.45, 7) is 7.63. The molecule has 2 aliphatic rings. The van der Waals surface area contributed by atoms with Crippen LogP contribution in [-0.2, 0) is 4.74 Å². The van der Waals surface area contributed by atoms with Gasteiger partial charge in [-0.3, -0.25) is 0 Å². The van der Waals surface area contributed by atoms with Crippen LogP contribution in [0.2, 0.25) is 0 Å². The lowest BCUT2D eigenvalue weighted by molar-refractivity contribution is 0.0198. The molecule has 4 heteroatoms. The maximum atomic E-state index is 11.9. The van der Waals surface area contributed by atoms with E-state index < -0.39 is 5.60 Å². The molecule has 1 amide bonds. The topological polar surface area (TPSA) is 41.6 Å². The Labute approximate surface area is 91.0 Å². The highest BCUT2D eigenvalue weighted by atomic mass is 16.6. The van der Waals surface area contributed by atoms with Crippen molar-refractivity contribution in [3.05, 3.63) is 0 Å². The van der Waals surface area contributed by atoms with Crippen molar-refractivity contribution < 1.29 is 9.53 Å². The third kappa shape index (κ3) is 1.83. The van der Waals surface area contributed by atoms with E-state index in [9.17, 15) is 4.79 Å². The number of nitrogens with zero attached hydrogens (tertiary/aromatic N) is 1. The summed E-state index contributed by atoms with van der Waals surface area (Å²) < 4.78 is 5.36. The Morgan fingerprint density at radius 3 is 2.60 bits per heavy atom. The molecule has 2 atom stereocenters. The predicted molar refractivity (Wildman–Crippen MR) is 57.7 cm³/mol. The van der Waals surface area contributed by atoms with Crippen molar-refractivity contribution >= 4 is 6.09 Å². The standard InChI is InChI=1S/C11H20N2O2/c1-10(2,3)15-9(14)13(4)11-5-8(11)6-12-7-11/h8,12H,5-7H2,1-4H3/t8?,11-/m0/s1. The van der Waals surface area contributed by atoms with Gasteiger partial charge in [0, 0.05) is 20.1 Å². The monoisotopic (exact) mass is 212 g/mol. The van der Waals surface area contributed by atoms with Crippen molar-refractivity contribution in [3.8, 4) is 0 Å². The zero-order valence-corrected chi connectivity index (χ0v) is 9.96. The molecule has 0 bridgehead atoms. The molecule has 1 saturated carbocycles. The van der Waals surface area contributed by atoms with Crippen molar-refractivity contribution in [2.24, 2.45) is 5.92 Å². The van der Waals surface area contributed by atoms with Gasteiger partial charge in [0.1, 0.15) is 5.60 Å². The predicted octanol–water partition coefficient (Wildman–Crippen LogP) is 1.22. The van der Waals surface area contributed by atoms with Gasteiger partial charge in [0.05, 0.1) is 5.54 Å². The fourth-order valence-corrected chi connectivity index (χ4v) is 2.35. The minimum atomic E-state index is -0.404. The van der Waals surface area contributed by atoms with Crippen LogP contribution in [0.5, 0.6) is 0 Å². The molecule has 1 aliphatic carbocycles. The Morgan fingerprint density at radius 2 is 2.20 bits per heavy atom. The average Bonchev–Trinajstić information content (AvgIpc) is 2.66. The Bertz CT molecular complexity index is 285. The summed E-state index contributed by atoms with van der Waals surface area (Å²) in [5.74, 6) is 0.634. The van der Waals surface area contributed by atoms with E-state index in [0.717, 1.165) is 19.5 Å². The van der Waals surface area contributed by atoms with Crippen LogP contribution in [0.4, 0.5) is 4.79 Å². The minimum absolute atomic E-state index is 0.0579. The van der Waals surface area contributed by atoms with E-state index in [1.165, 1.54) is 0 Å². The molecule has 0 aromatic carbocycles. The van der Waals surface area contributed by atoms with Gasteiger partial charge in [-0.2, -0.15) is 0 Å². The first-order valence-electron chi connectivity index (χ1n) is 5.53. The summed E-state index contributed by atoms with van der Waals surface area (Å²) in [5, 5.41) is 3.31. The third-order valence-electron chi connectivity index (χ3n) is 3.36. The number of carbonyl (C=O) groups is 1. The quantitative estimate of drug-likeness (QED) is 0.710. The second-order valence-electron chi connectivity index (χ2n) is 5.67. The molecule has 1 unspecified atom stereocenters. The van der Waals surface area contributed by atoms with Crippen molar-refractivity contribution in [2.75, 3.05) is 20.1 Å². The minimum Gasteiger partial charge on any atom is -0.444 e. The second kappa shape index (κ2) is 3.11. The number of amides is 1. The van der Waals surface area contributed by atoms with E-state index in [0.29, 0.717) is 5.92 Å². The molecule has 15 heavy (non-hydrogen) atoms. The summed E-state index contributed by atoms with van der Waals surface area (Å²) in [6, 6.07) is 0. The first kappa shape index (κ1) is 10.7. The molecule has 1 heterocycles. The Morgan fingerprint density at radius 1 is 1.53 bits per heavy atom. The van der Waals surface area contributed by atoms with E-state index in [1.54, 1.807) is 4.90 Å². The van der Waals surface area contributed by atoms with E-state index in [1.807, 2.05) is 27.8 Å². The van der Waals surface area contributed by atoms with Crippen molar-refractivity contribution in [2.45, 2.75) is 38.3 Å². The fraction of sp³-hybridized carbons (Fsp3) is 0.909. The molecular weight excluding hydrogens is 192 g/mol.